The van der Waals surface area contributed by atoms with Gasteiger partial charge in [0.15, 0.2) is 0 Å². The van der Waals surface area contributed by atoms with Crippen LogP contribution in [0.3, 0.4) is 0 Å². The summed E-state index contributed by atoms with van der Waals surface area (Å²) in [6, 6.07) is 10.5. The van der Waals surface area contributed by atoms with Crippen LogP contribution < -0.4 is 20.7 Å². The Bertz CT molecular complexity index is 1050. The standard InChI is InChI=1S/C22H24N4O5/c1-13-5-8-16(11-14(13)2)23-20(29)24-18(27)12-26-19(28)22(3,25-21(26)30)15-6-9-17(31-4)10-7-15/h5-11H,12H2,1-4H3,(H,25,30)(H2,23,24,27,29). The lowest BCUT2D eigenvalue weighted by atomic mass is 9.92. The van der Waals surface area contributed by atoms with E-state index in [1.807, 2.05) is 19.9 Å². The number of carbonyl (C=O) groups excluding carboxylic acids is 4. The molecule has 3 rings (SSSR count). The van der Waals surface area contributed by atoms with Gasteiger partial charge in [0.25, 0.3) is 5.91 Å². The third kappa shape index (κ3) is 4.50. The molecular weight excluding hydrogens is 400 g/mol. The smallest absolute Gasteiger partial charge is 0.325 e. The van der Waals surface area contributed by atoms with Crippen molar-refractivity contribution in [2.24, 2.45) is 0 Å². The zero-order chi connectivity index (χ0) is 22.8. The number of urea groups is 2. The summed E-state index contributed by atoms with van der Waals surface area (Å²) in [6.07, 6.45) is 0. The van der Waals surface area contributed by atoms with Gasteiger partial charge in [0, 0.05) is 5.69 Å². The van der Waals surface area contributed by atoms with Crippen molar-refractivity contribution < 1.29 is 23.9 Å². The van der Waals surface area contributed by atoms with Crippen molar-refractivity contribution in [2.45, 2.75) is 26.3 Å². The van der Waals surface area contributed by atoms with E-state index in [1.165, 1.54) is 7.11 Å². The largest absolute Gasteiger partial charge is 0.497 e. The van der Waals surface area contributed by atoms with Gasteiger partial charge >= 0.3 is 12.1 Å². The van der Waals surface area contributed by atoms with Crippen LogP contribution in [-0.4, -0.2) is 42.4 Å². The minimum Gasteiger partial charge on any atom is -0.497 e. The van der Waals surface area contributed by atoms with Gasteiger partial charge < -0.3 is 15.4 Å². The third-order valence-electron chi connectivity index (χ3n) is 5.26. The third-order valence-corrected chi connectivity index (χ3v) is 5.26. The van der Waals surface area contributed by atoms with Crippen molar-refractivity contribution in [1.82, 2.24) is 15.5 Å². The number of aryl methyl sites for hydroxylation is 2. The summed E-state index contributed by atoms with van der Waals surface area (Å²) in [6.45, 7) is 4.82. The lowest BCUT2D eigenvalue weighted by Crippen LogP contribution is -2.45. The Hall–Kier alpha value is -3.88. The molecule has 3 N–H and O–H groups in total. The number of rotatable bonds is 5. The summed E-state index contributed by atoms with van der Waals surface area (Å²) in [5.41, 5.74) is 1.80. The Morgan fingerprint density at radius 2 is 1.74 bits per heavy atom. The SMILES string of the molecule is COc1ccc(C2(C)NC(=O)N(CC(=O)NC(=O)Nc3ccc(C)c(C)c3)C2=O)cc1. The van der Waals surface area contributed by atoms with E-state index in [0.717, 1.165) is 16.0 Å². The average Bonchev–Trinajstić information content (AvgIpc) is 2.94. The maximum Gasteiger partial charge on any atom is 0.325 e. The van der Waals surface area contributed by atoms with Gasteiger partial charge in [-0.15, -0.1) is 0 Å². The summed E-state index contributed by atoms with van der Waals surface area (Å²) < 4.78 is 5.10. The molecule has 1 atom stereocenters. The van der Waals surface area contributed by atoms with E-state index in [-0.39, 0.29) is 0 Å². The topological polar surface area (TPSA) is 117 Å². The Kier molecular flexibility index (Phi) is 5.96. The summed E-state index contributed by atoms with van der Waals surface area (Å²) in [4.78, 5) is 50.4. The van der Waals surface area contributed by atoms with E-state index >= 15 is 0 Å². The monoisotopic (exact) mass is 424 g/mol. The zero-order valence-corrected chi connectivity index (χ0v) is 17.7. The van der Waals surface area contributed by atoms with E-state index in [4.69, 9.17) is 4.74 Å². The molecule has 2 aromatic rings. The fourth-order valence-corrected chi connectivity index (χ4v) is 3.25. The molecule has 31 heavy (non-hydrogen) atoms. The van der Waals surface area contributed by atoms with Gasteiger partial charge in [0.1, 0.15) is 17.8 Å². The van der Waals surface area contributed by atoms with Crippen LogP contribution in [0, 0.1) is 13.8 Å². The highest BCUT2D eigenvalue weighted by molar-refractivity contribution is 6.10. The summed E-state index contributed by atoms with van der Waals surface area (Å²) in [5, 5.41) is 7.30. The minimum atomic E-state index is -1.33. The number of carbonyl (C=O) groups is 4. The van der Waals surface area contributed by atoms with Crippen LogP contribution in [0.4, 0.5) is 15.3 Å². The first-order valence-electron chi connectivity index (χ1n) is 9.61. The molecule has 162 valence electrons. The maximum absolute atomic E-state index is 12.9. The Balaban J connectivity index is 1.64. The van der Waals surface area contributed by atoms with E-state index in [0.29, 0.717) is 17.0 Å². The van der Waals surface area contributed by atoms with Crippen molar-refractivity contribution >= 4 is 29.6 Å². The van der Waals surface area contributed by atoms with Crippen molar-refractivity contribution in [3.8, 4) is 5.75 Å². The number of hydrogen-bond acceptors (Lipinski definition) is 5. The van der Waals surface area contributed by atoms with Crippen molar-refractivity contribution in [2.75, 3.05) is 19.0 Å². The van der Waals surface area contributed by atoms with E-state index in [1.54, 1.807) is 43.3 Å². The van der Waals surface area contributed by atoms with Gasteiger partial charge in [-0.05, 0) is 61.7 Å². The molecule has 1 aliphatic heterocycles. The Labute approximate surface area is 179 Å². The van der Waals surface area contributed by atoms with Crippen LogP contribution in [0.15, 0.2) is 42.5 Å². The molecule has 2 aromatic carbocycles. The molecule has 1 heterocycles. The number of amides is 6. The maximum atomic E-state index is 12.9. The first kappa shape index (κ1) is 21.8. The molecule has 9 heteroatoms. The molecule has 1 fully saturated rings. The van der Waals surface area contributed by atoms with Crippen molar-refractivity contribution in [3.63, 3.8) is 0 Å². The molecule has 0 radical (unpaired) electrons. The van der Waals surface area contributed by atoms with E-state index in [2.05, 4.69) is 16.0 Å². The van der Waals surface area contributed by atoms with Crippen LogP contribution >= 0.6 is 0 Å². The molecule has 0 saturated carbocycles. The van der Waals surface area contributed by atoms with Gasteiger partial charge in [-0.2, -0.15) is 0 Å². The van der Waals surface area contributed by atoms with Gasteiger partial charge in [0.05, 0.1) is 7.11 Å². The number of benzene rings is 2. The van der Waals surface area contributed by atoms with Gasteiger partial charge in [-0.3, -0.25) is 19.8 Å². The Morgan fingerprint density at radius 3 is 2.35 bits per heavy atom. The van der Waals surface area contributed by atoms with Crippen molar-refractivity contribution in [3.05, 3.63) is 59.2 Å². The number of nitrogens with zero attached hydrogens (tertiary/aromatic N) is 1. The second-order valence-corrected chi connectivity index (χ2v) is 7.48. The fourth-order valence-electron chi connectivity index (χ4n) is 3.25. The van der Waals surface area contributed by atoms with E-state index < -0.39 is 36.0 Å². The van der Waals surface area contributed by atoms with Gasteiger partial charge in [-0.1, -0.05) is 18.2 Å². The first-order chi connectivity index (χ1) is 14.6. The fraction of sp³-hybridized carbons (Fsp3) is 0.273. The average molecular weight is 424 g/mol. The number of ether oxygens (including phenoxy) is 1. The predicted octanol–water partition coefficient (Wildman–Crippen LogP) is 2.43. The van der Waals surface area contributed by atoms with Gasteiger partial charge in [-0.25, -0.2) is 9.59 Å². The molecule has 1 unspecified atom stereocenters. The molecular formula is C22H24N4O5. The minimum absolute atomic E-state index is 0.524. The second-order valence-electron chi connectivity index (χ2n) is 7.48. The molecule has 0 aliphatic carbocycles. The van der Waals surface area contributed by atoms with Crippen LogP contribution in [0.1, 0.15) is 23.6 Å². The number of imide groups is 2. The lowest BCUT2D eigenvalue weighted by Gasteiger charge is -2.22. The predicted molar refractivity (Wildman–Crippen MR) is 114 cm³/mol. The highest BCUT2D eigenvalue weighted by Gasteiger charge is 2.49. The number of nitrogens with one attached hydrogen (secondary N) is 3. The molecule has 0 spiro atoms. The number of methoxy groups -OCH3 is 1. The molecule has 0 aromatic heterocycles. The molecule has 9 nitrogen and oxygen atoms in total. The lowest BCUT2D eigenvalue weighted by molar-refractivity contribution is -0.134. The number of hydrogen-bond donors (Lipinski definition) is 3. The van der Waals surface area contributed by atoms with Crippen molar-refractivity contribution in [1.29, 1.82) is 0 Å². The van der Waals surface area contributed by atoms with Crippen LogP contribution in [0.5, 0.6) is 5.75 Å². The summed E-state index contributed by atoms with van der Waals surface area (Å²) in [7, 11) is 1.52. The summed E-state index contributed by atoms with van der Waals surface area (Å²) >= 11 is 0. The normalized spacial score (nSPS) is 17.9. The van der Waals surface area contributed by atoms with Crippen LogP contribution in [-0.2, 0) is 15.1 Å². The molecule has 1 saturated heterocycles. The second kappa shape index (κ2) is 8.47. The highest BCUT2D eigenvalue weighted by Crippen LogP contribution is 2.29. The van der Waals surface area contributed by atoms with Crippen LogP contribution in [0.2, 0.25) is 0 Å². The summed E-state index contributed by atoms with van der Waals surface area (Å²) in [5.74, 6) is -0.772. The van der Waals surface area contributed by atoms with Crippen LogP contribution in [0.25, 0.3) is 0 Å². The van der Waals surface area contributed by atoms with Gasteiger partial charge in [0.2, 0.25) is 5.91 Å². The number of anilines is 1. The highest BCUT2D eigenvalue weighted by atomic mass is 16.5. The molecule has 1 aliphatic rings. The first-order valence-corrected chi connectivity index (χ1v) is 9.61. The molecule has 6 amide bonds. The molecule has 0 bridgehead atoms. The van der Waals surface area contributed by atoms with E-state index in [9.17, 15) is 19.2 Å². The Morgan fingerprint density at radius 1 is 1.06 bits per heavy atom. The zero-order valence-electron chi connectivity index (χ0n) is 17.7. The quantitative estimate of drug-likeness (QED) is 0.638.